The lowest BCUT2D eigenvalue weighted by Gasteiger charge is -2.15. The van der Waals surface area contributed by atoms with Gasteiger partial charge in [0.15, 0.2) is 5.78 Å². The van der Waals surface area contributed by atoms with E-state index in [9.17, 15) is 19.5 Å². The maximum Gasteiger partial charge on any atom is 0.314 e. The molecule has 0 heterocycles. The summed E-state index contributed by atoms with van der Waals surface area (Å²) < 4.78 is 0. The Balaban J connectivity index is 2.20. The van der Waals surface area contributed by atoms with Gasteiger partial charge >= 0.3 is 5.97 Å². The molecule has 6 nitrogen and oxygen atoms in total. The van der Waals surface area contributed by atoms with Crippen molar-refractivity contribution >= 4 is 17.7 Å². The van der Waals surface area contributed by atoms with E-state index in [0.29, 0.717) is 0 Å². The van der Waals surface area contributed by atoms with Gasteiger partial charge in [0.1, 0.15) is 5.92 Å². The first-order valence-electron chi connectivity index (χ1n) is 8.34. The standard InChI is InChI=1S/C20H22N2O4/c1-2-12-3-5-13(6-4-12)14-7-9-15(10-8-14)18(23)16(20(25)26)11-17(21)19(22)24/h3-10,16-17H,2,11,21H2,1H3,(H2,22,24)(H,25,26)/t16?,17-/m0/s1. The predicted octanol–water partition coefficient (Wildman–Crippen LogP) is 2.00. The van der Waals surface area contributed by atoms with Gasteiger partial charge in [-0.15, -0.1) is 0 Å². The highest BCUT2D eigenvalue weighted by Gasteiger charge is 2.30. The van der Waals surface area contributed by atoms with Gasteiger partial charge < -0.3 is 16.6 Å². The van der Waals surface area contributed by atoms with E-state index in [0.717, 1.165) is 17.5 Å². The Morgan fingerprint density at radius 1 is 0.962 bits per heavy atom. The van der Waals surface area contributed by atoms with Gasteiger partial charge in [0.25, 0.3) is 0 Å². The lowest BCUT2D eigenvalue weighted by Crippen LogP contribution is -2.41. The zero-order chi connectivity index (χ0) is 19.3. The highest BCUT2D eigenvalue weighted by Crippen LogP contribution is 2.22. The number of nitrogens with two attached hydrogens (primary N) is 2. The van der Waals surface area contributed by atoms with Crippen molar-refractivity contribution < 1.29 is 19.5 Å². The van der Waals surface area contributed by atoms with E-state index in [-0.39, 0.29) is 12.0 Å². The molecule has 0 radical (unpaired) electrons. The number of hydrogen-bond acceptors (Lipinski definition) is 4. The van der Waals surface area contributed by atoms with Gasteiger partial charge in [-0.1, -0.05) is 55.5 Å². The molecule has 0 aliphatic rings. The van der Waals surface area contributed by atoms with E-state index in [1.165, 1.54) is 5.56 Å². The average molecular weight is 354 g/mol. The number of carbonyl (C=O) groups excluding carboxylic acids is 2. The predicted molar refractivity (Wildman–Crippen MR) is 98.5 cm³/mol. The number of amides is 1. The van der Waals surface area contributed by atoms with Crippen LogP contribution in [0.4, 0.5) is 0 Å². The highest BCUT2D eigenvalue weighted by molar-refractivity contribution is 6.08. The van der Waals surface area contributed by atoms with Crippen LogP contribution in [0.15, 0.2) is 48.5 Å². The molecule has 6 heteroatoms. The molecule has 0 fully saturated rings. The Morgan fingerprint density at radius 2 is 1.46 bits per heavy atom. The van der Waals surface area contributed by atoms with Crippen LogP contribution >= 0.6 is 0 Å². The van der Waals surface area contributed by atoms with Crippen molar-refractivity contribution in [2.75, 3.05) is 0 Å². The normalized spacial score (nSPS) is 13.0. The summed E-state index contributed by atoms with van der Waals surface area (Å²) in [5.74, 6) is -4.17. The summed E-state index contributed by atoms with van der Waals surface area (Å²) in [6, 6.07) is 13.6. The van der Waals surface area contributed by atoms with Crippen molar-refractivity contribution in [3.63, 3.8) is 0 Å². The molecule has 2 aromatic rings. The largest absolute Gasteiger partial charge is 0.481 e. The van der Waals surface area contributed by atoms with E-state index in [2.05, 4.69) is 6.92 Å². The summed E-state index contributed by atoms with van der Waals surface area (Å²) in [6.45, 7) is 2.08. The minimum absolute atomic E-state index is 0.253. The molecule has 0 bridgehead atoms. The maximum atomic E-state index is 12.5. The van der Waals surface area contributed by atoms with Gasteiger partial charge in [-0.2, -0.15) is 0 Å². The molecule has 0 aliphatic heterocycles. The summed E-state index contributed by atoms with van der Waals surface area (Å²) in [5, 5.41) is 9.29. The third-order valence-corrected chi connectivity index (χ3v) is 4.33. The first kappa shape index (κ1) is 19.3. The zero-order valence-electron chi connectivity index (χ0n) is 14.5. The number of hydrogen-bond donors (Lipinski definition) is 3. The topological polar surface area (TPSA) is 123 Å². The number of rotatable bonds is 8. The number of primary amides is 1. The molecule has 0 aromatic heterocycles. The summed E-state index contributed by atoms with van der Waals surface area (Å²) >= 11 is 0. The molecule has 0 spiro atoms. The lowest BCUT2D eigenvalue weighted by atomic mass is 9.90. The molecule has 2 rings (SSSR count). The Labute approximate surface area is 151 Å². The summed E-state index contributed by atoms with van der Waals surface area (Å²) in [5.41, 5.74) is 14.0. The van der Waals surface area contributed by atoms with Gasteiger partial charge in [0.2, 0.25) is 5.91 Å². The first-order valence-corrected chi connectivity index (χ1v) is 8.34. The third-order valence-electron chi connectivity index (χ3n) is 4.33. The summed E-state index contributed by atoms with van der Waals surface area (Å²) in [7, 11) is 0. The molecule has 1 amide bonds. The Morgan fingerprint density at radius 3 is 1.88 bits per heavy atom. The maximum absolute atomic E-state index is 12.5. The van der Waals surface area contributed by atoms with Gasteiger partial charge in [-0.25, -0.2) is 0 Å². The van der Waals surface area contributed by atoms with Crippen LogP contribution in [0.3, 0.4) is 0 Å². The molecule has 0 saturated carbocycles. The molecule has 2 atom stereocenters. The van der Waals surface area contributed by atoms with Crippen LogP contribution in [0.25, 0.3) is 11.1 Å². The van der Waals surface area contributed by atoms with Crippen LogP contribution in [0, 0.1) is 5.92 Å². The monoisotopic (exact) mass is 354 g/mol. The Bertz CT molecular complexity index is 798. The van der Waals surface area contributed by atoms with E-state index in [4.69, 9.17) is 11.5 Å². The van der Waals surface area contributed by atoms with Gasteiger partial charge in [-0.05, 0) is 29.5 Å². The average Bonchev–Trinajstić information content (AvgIpc) is 2.65. The fourth-order valence-corrected chi connectivity index (χ4v) is 2.65. The van der Waals surface area contributed by atoms with Gasteiger partial charge in [-0.3, -0.25) is 14.4 Å². The van der Waals surface area contributed by atoms with E-state index in [1.807, 2.05) is 24.3 Å². The van der Waals surface area contributed by atoms with Gasteiger partial charge in [0, 0.05) is 5.56 Å². The molecule has 0 saturated heterocycles. The Hall–Kier alpha value is -2.99. The van der Waals surface area contributed by atoms with Crippen molar-refractivity contribution in [2.45, 2.75) is 25.8 Å². The number of aliphatic carboxylic acids is 1. The zero-order valence-corrected chi connectivity index (χ0v) is 14.5. The van der Waals surface area contributed by atoms with Crippen LogP contribution in [0.1, 0.15) is 29.3 Å². The third kappa shape index (κ3) is 4.55. The smallest absolute Gasteiger partial charge is 0.314 e. The molecule has 5 N–H and O–H groups in total. The number of aryl methyl sites for hydroxylation is 1. The van der Waals surface area contributed by atoms with Crippen molar-refractivity contribution in [1.82, 2.24) is 0 Å². The minimum Gasteiger partial charge on any atom is -0.481 e. The fraction of sp³-hybridized carbons (Fsp3) is 0.250. The van der Waals surface area contributed by atoms with E-state index >= 15 is 0 Å². The second-order valence-electron chi connectivity index (χ2n) is 6.13. The highest BCUT2D eigenvalue weighted by atomic mass is 16.4. The number of benzene rings is 2. The lowest BCUT2D eigenvalue weighted by molar-refractivity contribution is -0.140. The van der Waals surface area contributed by atoms with Crippen molar-refractivity contribution in [2.24, 2.45) is 17.4 Å². The molecule has 0 aliphatic carbocycles. The molecule has 2 aromatic carbocycles. The molecular weight excluding hydrogens is 332 g/mol. The molecule has 1 unspecified atom stereocenters. The Kier molecular flexibility index (Phi) is 6.25. The summed E-state index contributed by atoms with van der Waals surface area (Å²) in [4.78, 5) is 34.9. The molecule has 136 valence electrons. The fourth-order valence-electron chi connectivity index (χ4n) is 2.65. The van der Waals surface area contributed by atoms with Crippen molar-refractivity contribution in [3.8, 4) is 11.1 Å². The number of carboxylic acid groups (broad SMARTS) is 1. The van der Waals surface area contributed by atoms with Crippen LogP contribution in [-0.2, 0) is 16.0 Å². The quantitative estimate of drug-likeness (QED) is 0.494. The van der Waals surface area contributed by atoms with Crippen LogP contribution in [0.5, 0.6) is 0 Å². The molecule has 26 heavy (non-hydrogen) atoms. The number of ketones is 1. The minimum atomic E-state index is -1.41. The van der Waals surface area contributed by atoms with E-state index in [1.54, 1.807) is 24.3 Å². The number of Topliss-reactive ketones (excluding diaryl/α,β-unsaturated/α-hetero) is 1. The first-order chi connectivity index (χ1) is 12.3. The molecular formula is C20H22N2O4. The van der Waals surface area contributed by atoms with Crippen LogP contribution in [-0.4, -0.2) is 28.8 Å². The SMILES string of the molecule is CCc1ccc(-c2ccc(C(=O)C(C[C@H](N)C(N)=O)C(=O)O)cc2)cc1. The second-order valence-corrected chi connectivity index (χ2v) is 6.13. The van der Waals surface area contributed by atoms with E-state index < -0.39 is 29.6 Å². The second kappa shape index (κ2) is 8.40. The van der Waals surface area contributed by atoms with Gasteiger partial charge in [0.05, 0.1) is 6.04 Å². The van der Waals surface area contributed by atoms with Crippen LogP contribution < -0.4 is 11.5 Å². The van der Waals surface area contributed by atoms with Crippen molar-refractivity contribution in [1.29, 1.82) is 0 Å². The van der Waals surface area contributed by atoms with Crippen molar-refractivity contribution in [3.05, 3.63) is 59.7 Å². The van der Waals surface area contributed by atoms with Crippen LogP contribution in [0.2, 0.25) is 0 Å². The number of carbonyl (C=O) groups is 3. The summed E-state index contributed by atoms with van der Waals surface area (Å²) in [6.07, 6.45) is 0.626. The number of carboxylic acids is 1.